The lowest BCUT2D eigenvalue weighted by Crippen LogP contribution is -2.30. The number of benzene rings is 1. The van der Waals surface area contributed by atoms with Gasteiger partial charge in [-0.25, -0.2) is 17.9 Å². The third-order valence-electron chi connectivity index (χ3n) is 3.56. The molecule has 0 bridgehead atoms. The minimum absolute atomic E-state index is 0.0664. The van der Waals surface area contributed by atoms with E-state index in [0.29, 0.717) is 18.2 Å². The van der Waals surface area contributed by atoms with E-state index in [-0.39, 0.29) is 10.9 Å². The summed E-state index contributed by atoms with van der Waals surface area (Å²) >= 11 is 0. The molecule has 0 amide bonds. The second kappa shape index (κ2) is 5.07. The van der Waals surface area contributed by atoms with Gasteiger partial charge in [0, 0.05) is 19.1 Å². The topological polar surface area (TPSA) is 89.4 Å². The summed E-state index contributed by atoms with van der Waals surface area (Å²) in [5, 5.41) is 4.97. The fourth-order valence-electron chi connectivity index (χ4n) is 2.36. The van der Waals surface area contributed by atoms with E-state index < -0.39 is 15.8 Å². The molecule has 0 radical (unpaired) electrons. The molecule has 19 heavy (non-hydrogen) atoms. The minimum atomic E-state index is -3.87. The van der Waals surface area contributed by atoms with Crippen molar-refractivity contribution in [3.8, 4) is 0 Å². The third-order valence-corrected chi connectivity index (χ3v) is 4.47. The molecule has 1 aromatic carbocycles. The van der Waals surface area contributed by atoms with Crippen molar-refractivity contribution >= 4 is 15.7 Å². The van der Waals surface area contributed by atoms with Gasteiger partial charge in [-0.05, 0) is 37.5 Å². The Labute approximate surface area is 112 Å². The molecule has 0 aliphatic carbocycles. The number of nitrogens with two attached hydrogens (primary N) is 2. The van der Waals surface area contributed by atoms with Crippen LogP contribution in [-0.4, -0.2) is 27.5 Å². The monoisotopic (exact) mass is 287 g/mol. The van der Waals surface area contributed by atoms with Crippen LogP contribution in [0.5, 0.6) is 0 Å². The maximum Gasteiger partial charge on any atom is 0.238 e. The van der Waals surface area contributed by atoms with Gasteiger partial charge in [0.1, 0.15) is 5.82 Å². The summed E-state index contributed by atoms with van der Waals surface area (Å²) in [5.74, 6) is -0.242. The first kappa shape index (κ1) is 14.2. The van der Waals surface area contributed by atoms with Gasteiger partial charge in [-0.2, -0.15) is 0 Å². The number of nitrogens with zero attached hydrogens (tertiary/aromatic N) is 1. The number of halogens is 1. The number of sulfonamides is 1. The molecule has 5 nitrogen and oxygen atoms in total. The highest BCUT2D eigenvalue weighted by molar-refractivity contribution is 7.89. The van der Waals surface area contributed by atoms with E-state index in [1.807, 2.05) is 11.8 Å². The van der Waals surface area contributed by atoms with E-state index in [0.717, 1.165) is 19.0 Å². The molecule has 0 aromatic heterocycles. The van der Waals surface area contributed by atoms with Crippen LogP contribution in [0, 0.1) is 11.7 Å². The van der Waals surface area contributed by atoms with Crippen molar-refractivity contribution < 1.29 is 12.8 Å². The summed E-state index contributed by atoms with van der Waals surface area (Å²) in [6, 6.07) is 3.81. The fourth-order valence-corrected chi connectivity index (χ4v) is 2.88. The molecule has 2 rings (SSSR count). The van der Waals surface area contributed by atoms with E-state index in [9.17, 15) is 12.8 Å². The average molecular weight is 287 g/mol. The Bertz CT molecular complexity index is 574. The van der Waals surface area contributed by atoms with E-state index in [4.69, 9.17) is 10.9 Å². The highest BCUT2D eigenvalue weighted by Crippen LogP contribution is 2.28. The maximum atomic E-state index is 14.0. The zero-order valence-corrected chi connectivity index (χ0v) is 11.5. The van der Waals surface area contributed by atoms with Crippen LogP contribution in [0.4, 0.5) is 10.1 Å². The number of hydrogen-bond donors (Lipinski definition) is 2. The van der Waals surface area contributed by atoms with Crippen LogP contribution >= 0.6 is 0 Å². The highest BCUT2D eigenvalue weighted by Gasteiger charge is 2.27. The number of anilines is 1. The molecular formula is C12H18FN3O2S. The zero-order valence-electron chi connectivity index (χ0n) is 10.7. The first-order valence-electron chi connectivity index (χ1n) is 6.12. The predicted octanol–water partition coefficient (Wildman–Crippen LogP) is 0.647. The van der Waals surface area contributed by atoms with Gasteiger partial charge in [0.2, 0.25) is 10.0 Å². The van der Waals surface area contributed by atoms with Crippen LogP contribution in [0.3, 0.4) is 0 Å². The Kier molecular flexibility index (Phi) is 3.80. The molecule has 2 atom stereocenters. The quantitative estimate of drug-likeness (QED) is 0.854. The lowest BCUT2D eigenvalue weighted by molar-refractivity contribution is 0.487. The number of hydrogen-bond acceptors (Lipinski definition) is 4. The van der Waals surface area contributed by atoms with Crippen molar-refractivity contribution in [2.45, 2.75) is 24.3 Å². The summed E-state index contributed by atoms with van der Waals surface area (Å²) in [7, 11) is -3.87. The first-order chi connectivity index (χ1) is 8.79. The Hall–Kier alpha value is -1.18. The SMILES string of the molecule is CC(N)C1CCN(c2ccc(S(N)(=O)=O)cc2F)C1. The highest BCUT2D eigenvalue weighted by atomic mass is 32.2. The molecule has 1 aliphatic rings. The van der Waals surface area contributed by atoms with E-state index in [2.05, 4.69) is 0 Å². The molecular weight excluding hydrogens is 269 g/mol. The van der Waals surface area contributed by atoms with E-state index in [1.54, 1.807) is 0 Å². The molecule has 7 heteroatoms. The van der Waals surface area contributed by atoms with Gasteiger partial charge in [0.15, 0.2) is 0 Å². The summed E-state index contributed by atoms with van der Waals surface area (Å²) in [6.07, 6.45) is 0.911. The lowest BCUT2D eigenvalue weighted by Gasteiger charge is -2.20. The largest absolute Gasteiger partial charge is 0.369 e. The Balaban J connectivity index is 2.24. The van der Waals surface area contributed by atoms with Gasteiger partial charge in [0.05, 0.1) is 10.6 Å². The lowest BCUT2D eigenvalue weighted by atomic mass is 10.0. The summed E-state index contributed by atoms with van der Waals surface area (Å²) in [6.45, 7) is 3.34. The molecule has 1 fully saturated rings. The van der Waals surface area contributed by atoms with E-state index >= 15 is 0 Å². The molecule has 0 spiro atoms. The first-order valence-corrected chi connectivity index (χ1v) is 7.66. The van der Waals surface area contributed by atoms with Gasteiger partial charge < -0.3 is 10.6 Å². The minimum Gasteiger partial charge on any atom is -0.369 e. The average Bonchev–Trinajstić information content (AvgIpc) is 2.76. The van der Waals surface area contributed by atoms with Crippen LogP contribution in [0.2, 0.25) is 0 Å². The smallest absolute Gasteiger partial charge is 0.238 e. The second-order valence-electron chi connectivity index (χ2n) is 5.01. The predicted molar refractivity (Wildman–Crippen MR) is 71.7 cm³/mol. The molecule has 1 aliphatic heterocycles. The van der Waals surface area contributed by atoms with Gasteiger partial charge >= 0.3 is 0 Å². The molecule has 0 saturated carbocycles. The van der Waals surface area contributed by atoms with Gasteiger partial charge in [-0.3, -0.25) is 0 Å². The summed E-state index contributed by atoms with van der Waals surface area (Å²) < 4.78 is 36.2. The normalized spacial score (nSPS) is 21.7. The van der Waals surface area contributed by atoms with Gasteiger partial charge in [0.25, 0.3) is 0 Å². The Morgan fingerprint density at radius 2 is 2.16 bits per heavy atom. The molecule has 4 N–H and O–H groups in total. The van der Waals surface area contributed by atoms with Crippen LogP contribution in [-0.2, 0) is 10.0 Å². The molecule has 1 saturated heterocycles. The molecule has 2 unspecified atom stereocenters. The van der Waals surface area contributed by atoms with Crippen LogP contribution in [0.15, 0.2) is 23.1 Å². The van der Waals surface area contributed by atoms with Crippen molar-refractivity contribution in [1.29, 1.82) is 0 Å². The number of primary sulfonamides is 1. The second-order valence-corrected chi connectivity index (χ2v) is 6.57. The molecule has 1 aromatic rings. The van der Waals surface area contributed by atoms with Crippen LogP contribution < -0.4 is 15.8 Å². The Morgan fingerprint density at radius 1 is 1.47 bits per heavy atom. The number of rotatable bonds is 3. The van der Waals surface area contributed by atoms with Crippen molar-refractivity contribution in [2.24, 2.45) is 16.8 Å². The van der Waals surface area contributed by atoms with Gasteiger partial charge in [-0.1, -0.05) is 0 Å². The maximum absolute atomic E-state index is 14.0. The summed E-state index contributed by atoms with van der Waals surface area (Å²) in [4.78, 5) is 1.67. The van der Waals surface area contributed by atoms with Crippen molar-refractivity contribution in [1.82, 2.24) is 0 Å². The van der Waals surface area contributed by atoms with Gasteiger partial charge in [-0.15, -0.1) is 0 Å². The standard InChI is InChI=1S/C12H18FN3O2S/c1-8(14)9-4-5-16(7-9)12-3-2-10(6-11(12)13)19(15,17)18/h2-3,6,8-9H,4-5,7,14H2,1H3,(H2,15,17,18). The Morgan fingerprint density at radius 3 is 2.63 bits per heavy atom. The van der Waals surface area contributed by atoms with Crippen molar-refractivity contribution in [2.75, 3.05) is 18.0 Å². The third kappa shape index (κ3) is 3.05. The van der Waals surface area contributed by atoms with Crippen molar-refractivity contribution in [3.05, 3.63) is 24.0 Å². The fraction of sp³-hybridized carbons (Fsp3) is 0.500. The van der Waals surface area contributed by atoms with Crippen LogP contribution in [0.25, 0.3) is 0 Å². The zero-order chi connectivity index (χ0) is 14.2. The van der Waals surface area contributed by atoms with Crippen LogP contribution in [0.1, 0.15) is 13.3 Å². The molecule has 1 heterocycles. The van der Waals surface area contributed by atoms with Crippen molar-refractivity contribution in [3.63, 3.8) is 0 Å². The molecule has 106 valence electrons. The summed E-state index contributed by atoms with van der Waals surface area (Å²) in [5.41, 5.74) is 6.24. The van der Waals surface area contributed by atoms with E-state index in [1.165, 1.54) is 12.1 Å².